The molecule has 0 aliphatic rings. The first-order valence-electron chi connectivity index (χ1n) is 8.20. The van der Waals surface area contributed by atoms with Gasteiger partial charge in [-0.25, -0.2) is 15.0 Å². The zero-order valence-electron chi connectivity index (χ0n) is 14.9. The van der Waals surface area contributed by atoms with E-state index in [1.54, 1.807) is 12.1 Å². The molecule has 1 amide bonds. The number of amides is 1. The average Bonchev–Trinajstić information content (AvgIpc) is 3.38. The van der Waals surface area contributed by atoms with Crippen LogP contribution in [0.4, 0.5) is 5.69 Å². The summed E-state index contributed by atoms with van der Waals surface area (Å²) >= 11 is 0. The van der Waals surface area contributed by atoms with E-state index in [1.807, 2.05) is 25.3 Å². The molecule has 0 aliphatic heterocycles. The van der Waals surface area contributed by atoms with Gasteiger partial charge < -0.3 is 14.3 Å². The number of aromatic nitrogens is 5. The van der Waals surface area contributed by atoms with Crippen LogP contribution in [0.3, 0.4) is 0 Å². The van der Waals surface area contributed by atoms with Gasteiger partial charge in [0.15, 0.2) is 11.5 Å². The molecule has 27 heavy (non-hydrogen) atoms. The van der Waals surface area contributed by atoms with Crippen molar-refractivity contribution in [3.63, 3.8) is 0 Å². The number of nitrogens with zero attached hydrogens (tertiary/aromatic N) is 5. The van der Waals surface area contributed by atoms with E-state index in [-0.39, 0.29) is 5.69 Å². The molecular weight excluding hydrogens is 348 g/mol. The van der Waals surface area contributed by atoms with Gasteiger partial charge in [-0.2, -0.15) is 0 Å². The molecule has 0 atom stereocenters. The van der Waals surface area contributed by atoms with Crippen molar-refractivity contribution < 1.29 is 13.7 Å². The van der Waals surface area contributed by atoms with Crippen LogP contribution in [-0.4, -0.2) is 30.6 Å². The Kier molecular flexibility index (Phi) is 4.03. The number of carbonyl (C=O) groups excluding carboxylic acids is 1. The maximum atomic E-state index is 12.3. The summed E-state index contributed by atoms with van der Waals surface area (Å²) in [5.41, 5.74) is 2.46. The highest BCUT2D eigenvalue weighted by Crippen LogP contribution is 2.21. The van der Waals surface area contributed by atoms with Crippen LogP contribution in [-0.2, 0) is 0 Å². The number of anilines is 1. The van der Waals surface area contributed by atoms with Crippen molar-refractivity contribution in [3.8, 4) is 17.5 Å². The lowest BCUT2D eigenvalue weighted by Gasteiger charge is -2.07. The van der Waals surface area contributed by atoms with Gasteiger partial charge in [-0.1, -0.05) is 5.16 Å². The molecule has 0 bridgehead atoms. The highest BCUT2D eigenvalue weighted by molar-refractivity contribution is 6.03. The van der Waals surface area contributed by atoms with E-state index in [9.17, 15) is 4.79 Å². The first kappa shape index (κ1) is 16.7. The Hall–Kier alpha value is -3.75. The third-order valence-electron chi connectivity index (χ3n) is 4.12. The third-order valence-corrected chi connectivity index (χ3v) is 4.12. The van der Waals surface area contributed by atoms with Crippen LogP contribution in [0.1, 0.15) is 27.7 Å². The first-order chi connectivity index (χ1) is 13.0. The van der Waals surface area contributed by atoms with Crippen LogP contribution in [0.15, 0.2) is 45.8 Å². The molecule has 0 saturated carbocycles. The normalized spacial score (nSPS) is 10.9. The van der Waals surface area contributed by atoms with Crippen LogP contribution in [0.5, 0.6) is 0 Å². The zero-order valence-corrected chi connectivity index (χ0v) is 14.9. The van der Waals surface area contributed by atoms with Crippen molar-refractivity contribution in [1.29, 1.82) is 0 Å². The van der Waals surface area contributed by atoms with E-state index in [4.69, 9.17) is 8.94 Å². The molecule has 136 valence electrons. The Morgan fingerprint density at radius 3 is 2.56 bits per heavy atom. The molecule has 4 aromatic rings. The van der Waals surface area contributed by atoms with Crippen LogP contribution >= 0.6 is 0 Å². The minimum absolute atomic E-state index is 0.127. The number of aryl methyl sites for hydroxylation is 2. The van der Waals surface area contributed by atoms with E-state index < -0.39 is 5.91 Å². The van der Waals surface area contributed by atoms with E-state index in [2.05, 4.69) is 25.4 Å². The number of nitrogens with one attached hydrogen (secondary N) is 1. The summed E-state index contributed by atoms with van der Waals surface area (Å²) in [6, 6.07) is 4.95. The fourth-order valence-electron chi connectivity index (χ4n) is 2.69. The summed E-state index contributed by atoms with van der Waals surface area (Å²) in [5.74, 6) is 1.73. The van der Waals surface area contributed by atoms with Gasteiger partial charge in [-0.05, 0) is 32.9 Å². The summed E-state index contributed by atoms with van der Waals surface area (Å²) in [6.45, 7) is 5.78. The van der Waals surface area contributed by atoms with Gasteiger partial charge in [0.05, 0.1) is 30.0 Å². The van der Waals surface area contributed by atoms with Crippen molar-refractivity contribution in [2.24, 2.45) is 0 Å². The number of carbonyl (C=O) groups is 1. The highest BCUT2D eigenvalue weighted by Gasteiger charge is 2.16. The Bertz CT molecular complexity index is 1090. The second kappa shape index (κ2) is 6.52. The Labute approximate surface area is 154 Å². The standard InChI is InChI=1S/C18H16N6O3/c1-10-11(2)24(12(3)21-10)18-19-8-13(9-20-18)22-17(25)14-7-16(27-23-14)15-5-4-6-26-15/h4-9H,1-3H3,(H,22,25). The van der Waals surface area contributed by atoms with Gasteiger partial charge in [0.25, 0.3) is 5.91 Å². The molecule has 4 aromatic heterocycles. The number of imidazole rings is 1. The molecule has 0 fully saturated rings. The molecule has 9 nitrogen and oxygen atoms in total. The lowest BCUT2D eigenvalue weighted by Crippen LogP contribution is -2.13. The summed E-state index contributed by atoms with van der Waals surface area (Å²) in [6.07, 6.45) is 4.58. The zero-order chi connectivity index (χ0) is 19.0. The molecule has 9 heteroatoms. The second-order valence-corrected chi connectivity index (χ2v) is 5.94. The van der Waals surface area contributed by atoms with Crippen LogP contribution in [0.2, 0.25) is 0 Å². The van der Waals surface area contributed by atoms with E-state index >= 15 is 0 Å². The van der Waals surface area contributed by atoms with Gasteiger partial charge in [0.2, 0.25) is 11.7 Å². The van der Waals surface area contributed by atoms with Gasteiger partial charge in [-0.3, -0.25) is 9.36 Å². The fourth-order valence-corrected chi connectivity index (χ4v) is 2.69. The summed E-state index contributed by atoms with van der Waals surface area (Å²) in [5, 5.41) is 6.45. The first-order valence-corrected chi connectivity index (χ1v) is 8.20. The van der Waals surface area contributed by atoms with E-state index in [0.717, 1.165) is 17.2 Å². The maximum Gasteiger partial charge on any atom is 0.277 e. The quantitative estimate of drug-likeness (QED) is 0.592. The maximum absolute atomic E-state index is 12.3. The molecule has 0 aliphatic carbocycles. The van der Waals surface area contributed by atoms with Gasteiger partial charge >= 0.3 is 0 Å². The Morgan fingerprint density at radius 2 is 1.93 bits per heavy atom. The Balaban J connectivity index is 1.51. The predicted octanol–water partition coefficient (Wildman–Crippen LogP) is 3.09. The van der Waals surface area contributed by atoms with E-state index in [1.165, 1.54) is 24.7 Å². The van der Waals surface area contributed by atoms with Crippen molar-refractivity contribution >= 4 is 11.6 Å². The minimum Gasteiger partial charge on any atom is -0.461 e. The van der Waals surface area contributed by atoms with Crippen LogP contribution < -0.4 is 5.32 Å². The summed E-state index contributed by atoms with van der Waals surface area (Å²) in [4.78, 5) is 25.4. The molecule has 0 aromatic carbocycles. The minimum atomic E-state index is -0.432. The van der Waals surface area contributed by atoms with Crippen molar-refractivity contribution in [1.82, 2.24) is 24.7 Å². The van der Waals surface area contributed by atoms with Crippen molar-refractivity contribution in [3.05, 3.63) is 59.8 Å². The largest absolute Gasteiger partial charge is 0.461 e. The number of rotatable bonds is 4. The number of hydrogen-bond acceptors (Lipinski definition) is 7. The van der Waals surface area contributed by atoms with Crippen molar-refractivity contribution in [2.75, 3.05) is 5.32 Å². The molecule has 1 N–H and O–H groups in total. The molecule has 0 saturated heterocycles. The topological polar surface area (TPSA) is 112 Å². The molecule has 4 rings (SSSR count). The summed E-state index contributed by atoms with van der Waals surface area (Å²) in [7, 11) is 0. The molecule has 0 unspecified atom stereocenters. The lowest BCUT2D eigenvalue weighted by molar-refractivity contribution is 0.101. The lowest BCUT2D eigenvalue weighted by atomic mass is 10.3. The number of furan rings is 1. The smallest absolute Gasteiger partial charge is 0.277 e. The third kappa shape index (κ3) is 3.10. The Morgan fingerprint density at radius 1 is 1.15 bits per heavy atom. The van der Waals surface area contributed by atoms with Gasteiger partial charge in [0, 0.05) is 11.8 Å². The van der Waals surface area contributed by atoms with Gasteiger partial charge in [-0.15, -0.1) is 0 Å². The average molecular weight is 364 g/mol. The summed E-state index contributed by atoms with van der Waals surface area (Å²) < 4.78 is 12.2. The number of hydrogen-bond donors (Lipinski definition) is 1. The van der Waals surface area contributed by atoms with Gasteiger partial charge in [0.1, 0.15) is 5.82 Å². The fraction of sp³-hybridized carbons (Fsp3) is 0.167. The van der Waals surface area contributed by atoms with Crippen LogP contribution in [0.25, 0.3) is 17.5 Å². The second-order valence-electron chi connectivity index (χ2n) is 5.94. The highest BCUT2D eigenvalue weighted by atomic mass is 16.5. The van der Waals surface area contributed by atoms with E-state index in [0.29, 0.717) is 23.2 Å². The molecular formula is C18H16N6O3. The molecule has 0 radical (unpaired) electrons. The van der Waals surface area contributed by atoms with Crippen molar-refractivity contribution in [2.45, 2.75) is 20.8 Å². The molecule has 0 spiro atoms. The monoisotopic (exact) mass is 364 g/mol. The molecule has 4 heterocycles. The SMILES string of the molecule is Cc1nc(C)n(-c2ncc(NC(=O)c3cc(-c4ccco4)on3)cn2)c1C. The predicted molar refractivity (Wildman–Crippen MR) is 95.5 cm³/mol. The van der Waals surface area contributed by atoms with Crippen LogP contribution in [0, 0.1) is 20.8 Å².